The Balaban J connectivity index is 1.81. The van der Waals surface area contributed by atoms with Crippen LogP contribution in [0.15, 0.2) is 36.4 Å². The molecular formula is C16H13FN2O2. The molecule has 0 saturated heterocycles. The third-order valence-electron chi connectivity index (χ3n) is 3.47. The number of nitrogens with zero attached hydrogens (tertiary/aromatic N) is 1. The van der Waals surface area contributed by atoms with Crippen LogP contribution in [0.2, 0.25) is 0 Å². The molecule has 2 heterocycles. The molecule has 21 heavy (non-hydrogen) atoms. The standard InChI is InChI=1S/C16H13FN2O2/c17-11-4-2-10(3-5-11)16-18-12-8-14-15(9-13(12)19-16)21-7-1-6-20-14/h2-5,8-9H,1,6-7H2,(H,18,19). The summed E-state index contributed by atoms with van der Waals surface area (Å²) in [5.41, 5.74) is 2.52. The van der Waals surface area contributed by atoms with Crippen LogP contribution < -0.4 is 9.47 Å². The van der Waals surface area contributed by atoms with Crippen LogP contribution in [0, 0.1) is 5.82 Å². The minimum absolute atomic E-state index is 0.261. The van der Waals surface area contributed by atoms with E-state index < -0.39 is 0 Å². The van der Waals surface area contributed by atoms with Gasteiger partial charge in [0.15, 0.2) is 11.5 Å². The molecule has 0 saturated carbocycles. The van der Waals surface area contributed by atoms with E-state index in [0.29, 0.717) is 19.0 Å². The maximum absolute atomic E-state index is 13.0. The van der Waals surface area contributed by atoms with Crippen molar-refractivity contribution in [3.63, 3.8) is 0 Å². The van der Waals surface area contributed by atoms with Crippen LogP contribution in [0.1, 0.15) is 6.42 Å². The van der Waals surface area contributed by atoms with Gasteiger partial charge in [0.2, 0.25) is 0 Å². The molecule has 2 aromatic carbocycles. The lowest BCUT2D eigenvalue weighted by atomic mass is 10.2. The third kappa shape index (κ3) is 2.20. The van der Waals surface area contributed by atoms with E-state index in [0.717, 1.165) is 34.5 Å². The van der Waals surface area contributed by atoms with Crippen LogP contribution >= 0.6 is 0 Å². The van der Waals surface area contributed by atoms with E-state index in [-0.39, 0.29) is 5.82 Å². The zero-order valence-corrected chi connectivity index (χ0v) is 11.2. The number of halogens is 1. The Labute approximate surface area is 120 Å². The van der Waals surface area contributed by atoms with Crippen LogP contribution in [-0.4, -0.2) is 23.2 Å². The molecule has 106 valence electrons. The van der Waals surface area contributed by atoms with Crippen LogP contribution in [0.3, 0.4) is 0 Å². The summed E-state index contributed by atoms with van der Waals surface area (Å²) in [6.45, 7) is 1.30. The average molecular weight is 284 g/mol. The fraction of sp³-hybridized carbons (Fsp3) is 0.188. The second-order valence-electron chi connectivity index (χ2n) is 4.96. The number of imidazole rings is 1. The van der Waals surface area contributed by atoms with Crippen LogP contribution in [-0.2, 0) is 0 Å². The van der Waals surface area contributed by atoms with Gasteiger partial charge in [0.05, 0.1) is 24.2 Å². The number of nitrogens with one attached hydrogen (secondary N) is 1. The zero-order valence-electron chi connectivity index (χ0n) is 11.2. The number of hydrogen-bond donors (Lipinski definition) is 1. The number of rotatable bonds is 1. The van der Waals surface area contributed by atoms with Crippen molar-refractivity contribution in [1.29, 1.82) is 0 Å². The number of H-pyrrole nitrogens is 1. The number of benzene rings is 2. The largest absolute Gasteiger partial charge is 0.489 e. The van der Waals surface area contributed by atoms with Gasteiger partial charge >= 0.3 is 0 Å². The predicted molar refractivity (Wildman–Crippen MR) is 77.1 cm³/mol. The Morgan fingerprint density at radius 1 is 1.00 bits per heavy atom. The number of aromatic amines is 1. The number of fused-ring (bicyclic) bond motifs is 2. The molecule has 0 amide bonds. The lowest BCUT2D eigenvalue weighted by molar-refractivity contribution is 0.297. The highest BCUT2D eigenvalue weighted by atomic mass is 19.1. The molecule has 1 aromatic heterocycles. The van der Waals surface area contributed by atoms with Crippen LogP contribution in [0.25, 0.3) is 22.4 Å². The van der Waals surface area contributed by atoms with Crippen molar-refractivity contribution in [2.24, 2.45) is 0 Å². The van der Waals surface area contributed by atoms with E-state index in [1.165, 1.54) is 12.1 Å². The Bertz CT molecular complexity index is 753. The number of aromatic nitrogens is 2. The second-order valence-corrected chi connectivity index (χ2v) is 4.96. The van der Waals surface area contributed by atoms with Gasteiger partial charge in [-0.25, -0.2) is 9.37 Å². The van der Waals surface area contributed by atoms with Crippen molar-refractivity contribution in [1.82, 2.24) is 9.97 Å². The minimum Gasteiger partial charge on any atom is -0.489 e. The summed E-state index contributed by atoms with van der Waals surface area (Å²) in [5, 5.41) is 0. The maximum atomic E-state index is 13.0. The van der Waals surface area contributed by atoms with Crippen molar-refractivity contribution in [2.75, 3.05) is 13.2 Å². The molecule has 0 spiro atoms. The van der Waals surface area contributed by atoms with Crippen LogP contribution in [0.4, 0.5) is 4.39 Å². The van der Waals surface area contributed by atoms with Gasteiger partial charge in [0, 0.05) is 24.1 Å². The first-order chi connectivity index (χ1) is 10.3. The molecule has 1 aliphatic heterocycles. The van der Waals surface area contributed by atoms with Crippen molar-refractivity contribution < 1.29 is 13.9 Å². The van der Waals surface area contributed by atoms with Gasteiger partial charge in [-0.15, -0.1) is 0 Å². The van der Waals surface area contributed by atoms with Crippen molar-refractivity contribution in [3.8, 4) is 22.9 Å². The summed E-state index contributed by atoms with van der Waals surface area (Å²) in [4.78, 5) is 7.77. The first-order valence-corrected chi connectivity index (χ1v) is 6.85. The van der Waals surface area contributed by atoms with Gasteiger partial charge in [-0.1, -0.05) is 0 Å². The van der Waals surface area contributed by atoms with E-state index in [2.05, 4.69) is 9.97 Å². The molecule has 0 radical (unpaired) electrons. The Kier molecular flexibility index (Phi) is 2.77. The quantitative estimate of drug-likeness (QED) is 0.743. The van der Waals surface area contributed by atoms with Gasteiger partial charge in [0.25, 0.3) is 0 Å². The Morgan fingerprint density at radius 3 is 2.48 bits per heavy atom. The fourth-order valence-corrected chi connectivity index (χ4v) is 2.41. The highest BCUT2D eigenvalue weighted by Crippen LogP contribution is 2.34. The smallest absolute Gasteiger partial charge is 0.163 e. The molecule has 0 aliphatic carbocycles. The summed E-state index contributed by atoms with van der Waals surface area (Å²) in [7, 11) is 0. The van der Waals surface area contributed by atoms with Crippen molar-refractivity contribution in [3.05, 3.63) is 42.2 Å². The molecule has 3 aromatic rings. The summed E-state index contributed by atoms with van der Waals surface area (Å²) in [6.07, 6.45) is 0.872. The molecule has 4 nitrogen and oxygen atoms in total. The average Bonchev–Trinajstić information content (AvgIpc) is 2.76. The first-order valence-electron chi connectivity index (χ1n) is 6.85. The molecule has 5 heteroatoms. The molecule has 4 rings (SSSR count). The monoisotopic (exact) mass is 284 g/mol. The molecule has 1 aliphatic rings. The highest BCUT2D eigenvalue weighted by molar-refractivity contribution is 5.83. The normalized spacial score (nSPS) is 14.1. The van der Waals surface area contributed by atoms with E-state index in [1.54, 1.807) is 12.1 Å². The Hall–Kier alpha value is -2.56. The van der Waals surface area contributed by atoms with Crippen molar-refractivity contribution in [2.45, 2.75) is 6.42 Å². The van der Waals surface area contributed by atoms with E-state index in [1.807, 2.05) is 12.1 Å². The van der Waals surface area contributed by atoms with Gasteiger partial charge in [-0.3, -0.25) is 0 Å². The van der Waals surface area contributed by atoms with Crippen LogP contribution in [0.5, 0.6) is 11.5 Å². The van der Waals surface area contributed by atoms with Gasteiger partial charge < -0.3 is 14.5 Å². The lowest BCUT2D eigenvalue weighted by Gasteiger charge is -2.05. The molecule has 0 bridgehead atoms. The molecule has 0 fully saturated rings. The summed E-state index contributed by atoms with van der Waals surface area (Å²) in [5.74, 6) is 1.89. The second kappa shape index (κ2) is 4.77. The van der Waals surface area contributed by atoms with E-state index in [9.17, 15) is 4.39 Å². The summed E-state index contributed by atoms with van der Waals surface area (Å²) >= 11 is 0. The lowest BCUT2D eigenvalue weighted by Crippen LogP contribution is -1.97. The van der Waals surface area contributed by atoms with Crippen molar-refractivity contribution >= 4 is 11.0 Å². The molecule has 0 atom stereocenters. The number of ether oxygens (including phenoxy) is 2. The predicted octanol–water partition coefficient (Wildman–Crippen LogP) is 3.53. The van der Waals surface area contributed by atoms with Gasteiger partial charge in [-0.2, -0.15) is 0 Å². The molecule has 1 N–H and O–H groups in total. The zero-order chi connectivity index (χ0) is 14.2. The SMILES string of the molecule is Fc1ccc(-c2nc3cc4c(cc3[nH]2)OCCCO4)cc1. The molecule has 0 unspecified atom stereocenters. The van der Waals surface area contributed by atoms with E-state index >= 15 is 0 Å². The fourth-order valence-electron chi connectivity index (χ4n) is 2.41. The minimum atomic E-state index is -0.261. The van der Waals surface area contributed by atoms with Gasteiger partial charge in [0.1, 0.15) is 11.6 Å². The first kappa shape index (κ1) is 12.2. The summed E-state index contributed by atoms with van der Waals surface area (Å²) in [6, 6.07) is 10.0. The maximum Gasteiger partial charge on any atom is 0.163 e. The highest BCUT2D eigenvalue weighted by Gasteiger charge is 2.14. The van der Waals surface area contributed by atoms with E-state index in [4.69, 9.17) is 9.47 Å². The van der Waals surface area contributed by atoms with Gasteiger partial charge in [-0.05, 0) is 24.3 Å². The Morgan fingerprint density at radius 2 is 1.71 bits per heavy atom. The number of hydrogen-bond acceptors (Lipinski definition) is 3. The summed E-state index contributed by atoms with van der Waals surface area (Å²) < 4.78 is 24.3. The third-order valence-corrected chi connectivity index (χ3v) is 3.47. The molecular weight excluding hydrogens is 271 g/mol. The topological polar surface area (TPSA) is 47.1 Å².